The minimum Gasteiger partial charge on any atom is -0.478 e. The number of rotatable bonds is 5. The van der Waals surface area contributed by atoms with Gasteiger partial charge in [-0.1, -0.05) is 30.4 Å². The Morgan fingerprint density at radius 1 is 1.16 bits per heavy atom. The van der Waals surface area contributed by atoms with E-state index in [1.807, 2.05) is 13.0 Å². The molecular formula is C27H35N3O2. The number of likely N-dealkylation sites (tertiary alicyclic amines) is 1. The lowest BCUT2D eigenvalue weighted by Crippen LogP contribution is -2.43. The molecule has 0 bridgehead atoms. The van der Waals surface area contributed by atoms with E-state index in [0.717, 1.165) is 66.7 Å². The van der Waals surface area contributed by atoms with Gasteiger partial charge in [-0.3, -0.25) is 4.90 Å². The fourth-order valence-electron chi connectivity index (χ4n) is 5.15. The van der Waals surface area contributed by atoms with E-state index in [0.29, 0.717) is 11.6 Å². The Bertz CT molecular complexity index is 1080. The Morgan fingerprint density at radius 2 is 1.88 bits per heavy atom. The van der Waals surface area contributed by atoms with E-state index in [1.54, 1.807) is 0 Å². The minimum absolute atomic E-state index is 0.141. The van der Waals surface area contributed by atoms with E-state index >= 15 is 0 Å². The van der Waals surface area contributed by atoms with Gasteiger partial charge in [0.15, 0.2) is 0 Å². The highest BCUT2D eigenvalue weighted by atomic mass is 16.4. The van der Waals surface area contributed by atoms with Gasteiger partial charge in [0.25, 0.3) is 0 Å². The number of piperidine rings is 1. The number of carboxylic acids is 1. The first-order chi connectivity index (χ1) is 15.4. The lowest BCUT2D eigenvalue weighted by molar-refractivity contribution is 0.0695. The first kappa shape index (κ1) is 22.6. The van der Waals surface area contributed by atoms with Crippen LogP contribution in [0.2, 0.25) is 0 Å². The Labute approximate surface area is 191 Å². The third-order valence-electron chi connectivity index (χ3n) is 7.14. The maximum Gasteiger partial charge on any atom is 0.336 e. The van der Waals surface area contributed by atoms with Crippen molar-refractivity contribution in [2.75, 3.05) is 27.2 Å². The van der Waals surface area contributed by atoms with Gasteiger partial charge in [0, 0.05) is 48.1 Å². The number of carboxylic acid groups (broad SMARTS) is 1. The molecule has 32 heavy (non-hydrogen) atoms. The van der Waals surface area contributed by atoms with Crippen molar-refractivity contribution in [3.8, 4) is 0 Å². The molecule has 0 spiro atoms. The van der Waals surface area contributed by atoms with Gasteiger partial charge >= 0.3 is 5.97 Å². The first-order valence-corrected chi connectivity index (χ1v) is 11.7. The highest BCUT2D eigenvalue weighted by molar-refractivity contribution is 5.92. The van der Waals surface area contributed by atoms with Crippen LogP contribution >= 0.6 is 0 Å². The van der Waals surface area contributed by atoms with Gasteiger partial charge in [-0.25, -0.2) is 4.79 Å². The van der Waals surface area contributed by atoms with Crippen molar-refractivity contribution >= 4 is 17.1 Å². The van der Waals surface area contributed by atoms with Crippen molar-refractivity contribution in [3.63, 3.8) is 0 Å². The van der Waals surface area contributed by atoms with E-state index < -0.39 is 5.97 Å². The van der Waals surface area contributed by atoms with Gasteiger partial charge in [-0.2, -0.15) is 0 Å². The van der Waals surface area contributed by atoms with E-state index in [-0.39, 0.29) is 6.04 Å². The molecule has 0 saturated carbocycles. The van der Waals surface area contributed by atoms with Crippen LogP contribution in [0.1, 0.15) is 65.8 Å². The maximum atomic E-state index is 12.1. The summed E-state index contributed by atoms with van der Waals surface area (Å²) in [6, 6.07) is 4.70. The van der Waals surface area contributed by atoms with Gasteiger partial charge < -0.3 is 14.4 Å². The van der Waals surface area contributed by atoms with E-state index in [9.17, 15) is 9.90 Å². The number of pyridine rings is 1. The highest BCUT2D eigenvalue weighted by Gasteiger charge is 2.28. The maximum absolute atomic E-state index is 12.1. The van der Waals surface area contributed by atoms with Crippen molar-refractivity contribution in [2.45, 2.75) is 51.6 Å². The standard InChI is InChI=1S/C27H35N3O2/c1-19-25(27(31)32)17-24-16-22(21-10-8-6-5-7-9-11-21)18-30(24)26(19)20(2)29-14-12-23(13-15-29)28(3)4/h6,8-11,16-18,20,23H,5,7,12-15H2,1-4H3,(H,31,32)/b8-6-,11-9-,21-10+. The van der Waals surface area contributed by atoms with Crippen molar-refractivity contribution in [2.24, 2.45) is 0 Å². The second-order valence-electron chi connectivity index (χ2n) is 9.33. The molecule has 5 heteroatoms. The van der Waals surface area contributed by atoms with Crippen LogP contribution in [-0.4, -0.2) is 58.5 Å². The van der Waals surface area contributed by atoms with Crippen molar-refractivity contribution < 1.29 is 9.90 Å². The summed E-state index contributed by atoms with van der Waals surface area (Å²) in [5.74, 6) is -0.861. The molecule has 2 aromatic heterocycles. The van der Waals surface area contributed by atoms with Crippen LogP contribution in [0.15, 0.2) is 48.7 Å². The third kappa shape index (κ3) is 4.45. The van der Waals surface area contributed by atoms with Crippen molar-refractivity contribution in [1.29, 1.82) is 0 Å². The summed E-state index contributed by atoms with van der Waals surface area (Å²) in [5, 5.41) is 9.90. The average molecular weight is 434 g/mol. The Morgan fingerprint density at radius 3 is 2.56 bits per heavy atom. The average Bonchev–Trinajstić information content (AvgIpc) is 3.16. The van der Waals surface area contributed by atoms with Crippen LogP contribution in [0.4, 0.5) is 0 Å². The Balaban J connectivity index is 1.77. The normalized spacial score (nSPS) is 22.8. The zero-order valence-electron chi connectivity index (χ0n) is 19.7. The molecular weight excluding hydrogens is 398 g/mol. The number of hydrogen-bond acceptors (Lipinski definition) is 3. The van der Waals surface area contributed by atoms with Crippen molar-refractivity contribution in [1.82, 2.24) is 14.2 Å². The smallest absolute Gasteiger partial charge is 0.336 e. The molecule has 0 amide bonds. The number of aromatic carboxylic acids is 1. The molecule has 1 atom stereocenters. The van der Waals surface area contributed by atoms with E-state index in [2.05, 4.69) is 77.9 Å². The van der Waals surface area contributed by atoms with Crippen LogP contribution in [0.25, 0.3) is 11.1 Å². The largest absolute Gasteiger partial charge is 0.478 e. The molecule has 2 aliphatic rings. The number of carbonyl (C=O) groups is 1. The van der Waals surface area contributed by atoms with Gasteiger partial charge in [-0.15, -0.1) is 0 Å². The first-order valence-electron chi connectivity index (χ1n) is 11.7. The molecule has 1 saturated heterocycles. The van der Waals surface area contributed by atoms with Crippen LogP contribution < -0.4 is 0 Å². The predicted molar refractivity (Wildman–Crippen MR) is 131 cm³/mol. The topological polar surface area (TPSA) is 48.2 Å². The molecule has 0 radical (unpaired) electrons. The summed E-state index contributed by atoms with van der Waals surface area (Å²) in [4.78, 5) is 16.9. The van der Waals surface area contributed by atoms with Gasteiger partial charge in [-0.05, 0) is 76.9 Å². The fourth-order valence-corrected chi connectivity index (χ4v) is 5.15. The molecule has 1 aliphatic carbocycles. The SMILES string of the molecule is Cc1c(C(=O)O)cc2cc(C3=C/C=C\CC/C=C\3)cn2c1C(C)N1CCC(N(C)C)CC1. The quantitative estimate of drug-likeness (QED) is 0.693. The Hall–Kier alpha value is -2.63. The summed E-state index contributed by atoms with van der Waals surface area (Å²) in [6.07, 6.45) is 17.4. The zero-order valence-corrected chi connectivity index (χ0v) is 19.7. The number of fused-ring (bicyclic) bond motifs is 1. The minimum atomic E-state index is -0.861. The van der Waals surface area contributed by atoms with Crippen LogP contribution in [0, 0.1) is 6.92 Å². The molecule has 170 valence electrons. The molecule has 3 heterocycles. The predicted octanol–water partition coefficient (Wildman–Crippen LogP) is 5.32. The number of nitrogens with zero attached hydrogens (tertiary/aromatic N) is 3. The van der Waals surface area contributed by atoms with E-state index in [1.165, 1.54) is 0 Å². The van der Waals surface area contributed by atoms with Gasteiger partial charge in [0.2, 0.25) is 0 Å². The van der Waals surface area contributed by atoms with E-state index in [4.69, 9.17) is 0 Å². The summed E-state index contributed by atoms with van der Waals surface area (Å²) >= 11 is 0. The highest BCUT2D eigenvalue weighted by Crippen LogP contribution is 2.32. The molecule has 1 fully saturated rings. The fraction of sp³-hybridized carbons (Fsp3) is 0.444. The molecule has 1 N–H and O–H groups in total. The monoisotopic (exact) mass is 433 g/mol. The molecule has 0 aromatic carbocycles. The lowest BCUT2D eigenvalue weighted by atomic mass is 9.98. The van der Waals surface area contributed by atoms with Crippen molar-refractivity contribution in [3.05, 3.63) is 71.1 Å². The second-order valence-corrected chi connectivity index (χ2v) is 9.33. The van der Waals surface area contributed by atoms with Gasteiger partial charge in [0.1, 0.15) is 0 Å². The lowest BCUT2D eigenvalue weighted by Gasteiger charge is -2.39. The van der Waals surface area contributed by atoms with Crippen LogP contribution in [-0.2, 0) is 0 Å². The van der Waals surface area contributed by atoms with Crippen LogP contribution in [0.3, 0.4) is 0 Å². The number of allylic oxidation sites excluding steroid dienone is 6. The molecule has 5 nitrogen and oxygen atoms in total. The summed E-state index contributed by atoms with van der Waals surface area (Å²) < 4.78 is 2.22. The van der Waals surface area contributed by atoms with Gasteiger partial charge in [0.05, 0.1) is 5.56 Å². The Kier molecular flexibility index (Phi) is 6.68. The summed E-state index contributed by atoms with van der Waals surface area (Å²) in [5.41, 5.74) is 5.55. The zero-order chi connectivity index (χ0) is 22.8. The van der Waals surface area contributed by atoms with Crippen LogP contribution in [0.5, 0.6) is 0 Å². The molecule has 4 rings (SSSR count). The summed E-state index contributed by atoms with van der Waals surface area (Å²) in [7, 11) is 4.31. The second kappa shape index (κ2) is 9.47. The molecule has 1 aliphatic heterocycles. The number of aromatic nitrogens is 1. The molecule has 1 unspecified atom stereocenters. The molecule has 2 aromatic rings. The summed E-state index contributed by atoms with van der Waals surface area (Å²) in [6.45, 7) is 6.23. The number of hydrogen-bond donors (Lipinski definition) is 1. The third-order valence-corrected chi connectivity index (χ3v) is 7.14.